The van der Waals surface area contributed by atoms with Crippen molar-refractivity contribution in [2.45, 2.75) is 45.3 Å². The molecule has 1 aromatic heterocycles. The number of nitrogens with zero attached hydrogens (tertiary/aromatic N) is 3. The molecule has 4 nitrogen and oxygen atoms in total. The summed E-state index contributed by atoms with van der Waals surface area (Å²) >= 11 is 0. The van der Waals surface area contributed by atoms with E-state index in [0.29, 0.717) is 0 Å². The lowest BCUT2D eigenvalue weighted by Crippen LogP contribution is -2.31. The molecule has 3 rings (SSSR count). The molecule has 1 N–H and O–H groups in total. The number of rotatable bonds is 8. The van der Waals surface area contributed by atoms with E-state index < -0.39 is 0 Å². The normalized spacial score (nSPS) is 15.2. The molecule has 0 bridgehead atoms. The van der Waals surface area contributed by atoms with Crippen molar-refractivity contribution in [1.29, 1.82) is 0 Å². The molecule has 1 heterocycles. The van der Waals surface area contributed by atoms with Crippen molar-refractivity contribution in [3.63, 3.8) is 0 Å². The molecule has 0 radical (unpaired) electrons. The SMILES string of the molecule is CCCn1c(CNCCN(C)C2CC2)nc2ccccc21. The zero-order valence-corrected chi connectivity index (χ0v) is 13.2. The third-order valence-electron chi connectivity index (χ3n) is 4.28. The summed E-state index contributed by atoms with van der Waals surface area (Å²) in [5, 5.41) is 3.55. The van der Waals surface area contributed by atoms with E-state index >= 15 is 0 Å². The van der Waals surface area contributed by atoms with Crippen molar-refractivity contribution in [3.05, 3.63) is 30.1 Å². The quantitative estimate of drug-likeness (QED) is 0.757. The first-order valence-corrected chi connectivity index (χ1v) is 8.14. The van der Waals surface area contributed by atoms with Crippen LogP contribution in [0.3, 0.4) is 0 Å². The molecular weight excluding hydrogens is 260 g/mol. The number of fused-ring (bicyclic) bond motifs is 1. The standard InChI is InChI=1S/C17H26N4/c1-3-11-21-16-7-5-4-6-15(16)19-17(21)13-18-10-12-20(2)14-8-9-14/h4-7,14,18H,3,8-13H2,1-2H3. The Kier molecular flexibility index (Phi) is 4.56. The van der Waals surface area contributed by atoms with Gasteiger partial charge in [0.15, 0.2) is 0 Å². The van der Waals surface area contributed by atoms with Gasteiger partial charge in [-0.2, -0.15) is 0 Å². The molecule has 21 heavy (non-hydrogen) atoms. The van der Waals surface area contributed by atoms with Crippen LogP contribution in [0.15, 0.2) is 24.3 Å². The van der Waals surface area contributed by atoms with Gasteiger partial charge >= 0.3 is 0 Å². The number of hydrogen-bond donors (Lipinski definition) is 1. The van der Waals surface area contributed by atoms with Crippen molar-refractivity contribution < 1.29 is 0 Å². The summed E-state index contributed by atoms with van der Waals surface area (Å²) in [7, 11) is 2.23. The lowest BCUT2D eigenvalue weighted by Gasteiger charge is -2.16. The summed E-state index contributed by atoms with van der Waals surface area (Å²) in [6, 6.07) is 9.27. The van der Waals surface area contributed by atoms with E-state index in [1.165, 1.54) is 18.4 Å². The molecule has 0 spiro atoms. The van der Waals surface area contributed by atoms with E-state index in [1.807, 2.05) is 0 Å². The van der Waals surface area contributed by atoms with Crippen molar-refractivity contribution >= 4 is 11.0 Å². The van der Waals surface area contributed by atoms with E-state index in [-0.39, 0.29) is 0 Å². The Hall–Kier alpha value is -1.39. The van der Waals surface area contributed by atoms with Crippen LogP contribution >= 0.6 is 0 Å². The van der Waals surface area contributed by atoms with Gasteiger partial charge in [0.05, 0.1) is 17.6 Å². The second kappa shape index (κ2) is 6.58. The molecule has 1 fully saturated rings. The second-order valence-corrected chi connectivity index (χ2v) is 6.06. The van der Waals surface area contributed by atoms with Crippen LogP contribution in [0.1, 0.15) is 32.0 Å². The van der Waals surface area contributed by atoms with Crippen molar-refractivity contribution in [2.75, 3.05) is 20.1 Å². The van der Waals surface area contributed by atoms with Crippen LogP contribution in [0, 0.1) is 0 Å². The third-order valence-corrected chi connectivity index (χ3v) is 4.28. The number of benzene rings is 1. The Morgan fingerprint density at radius 3 is 2.90 bits per heavy atom. The van der Waals surface area contributed by atoms with Gasteiger partial charge in [-0.25, -0.2) is 4.98 Å². The van der Waals surface area contributed by atoms with Gasteiger partial charge in [-0.15, -0.1) is 0 Å². The smallest absolute Gasteiger partial charge is 0.123 e. The molecule has 1 aliphatic carbocycles. The van der Waals surface area contributed by atoms with Crippen molar-refractivity contribution in [2.24, 2.45) is 0 Å². The first kappa shape index (κ1) is 14.5. The van der Waals surface area contributed by atoms with Gasteiger partial charge in [0.1, 0.15) is 5.82 Å². The molecule has 1 saturated carbocycles. The van der Waals surface area contributed by atoms with Crippen LogP contribution in [0.4, 0.5) is 0 Å². The molecular formula is C17H26N4. The number of nitrogens with one attached hydrogen (secondary N) is 1. The molecule has 0 saturated heterocycles. The highest BCUT2D eigenvalue weighted by atomic mass is 15.2. The zero-order chi connectivity index (χ0) is 14.7. The molecule has 0 amide bonds. The monoisotopic (exact) mass is 286 g/mol. The van der Waals surface area contributed by atoms with Gasteiger partial charge in [-0.05, 0) is 38.4 Å². The fourth-order valence-electron chi connectivity index (χ4n) is 2.89. The number of imidazole rings is 1. The molecule has 1 aliphatic rings. The summed E-state index contributed by atoms with van der Waals surface area (Å²) in [5.41, 5.74) is 2.36. The maximum absolute atomic E-state index is 4.78. The predicted octanol–water partition coefficient (Wildman–Crippen LogP) is 2.63. The van der Waals surface area contributed by atoms with Crippen LogP contribution in [-0.2, 0) is 13.1 Å². The van der Waals surface area contributed by atoms with Gasteiger partial charge < -0.3 is 14.8 Å². The topological polar surface area (TPSA) is 33.1 Å². The predicted molar refractivity (Wildman–Crippen MR) is 87.4 cm³/mol. The van der Waals surface area contributed by atoms with E-state index in [9.17, 15) is 0 Å². The van der Waals surface area contributed by atoms with E-state index in [0.717, 1.165) is 50.0 Å². The first-order chi connectivity index (χ1) is 10.3. The Bertz CT molecular complexity index is 585. The Morgan fingerprint density at radius 2 is 2.14 bits per heavy atom. The average molecular weight is 286 g/mol. The summed E-state index contributed by atoms with van der Waals surface area (Å²) in [6.07, 6.45) is 3.89. The number of aromatic nitrogens is 2. The second-order valence-electron chi connectivity index (χ2n) is 6.06. The zero-order valence-electron chi connectivity index (χ0n) is 13.2. The van der Waals surface area contributed by atoms with Gasteiger partial charge in [0, 0.05) is 25.7 Å². The molecule has 4 heteroatoms. The Balaban J connectivity index is 1.61. The summed E-state index contributed by atoms with van der Waals surface area (Å²) in [5.74, 6) is 1.16. The van der Waals surface area contributed by atoms with Gasteiger partial charge in [0.2, 0.25) is 0 Å². The largest absolute Gasteiger partial charge is 0.327 e. The minimum absolute atomic E-state index is 0.844. The number of aryl methyl sites for hydroxylation is 1. The molecule has 2 aromatic rings. The third kappa shape index (κ3) is 3.44. The average Bonchev–Trinajstić information content (AvgIpc) is 3.29. The summed E-state index contributed by atoms with van der Waals surface area (Å²) in [6.45, 7) is 6.27. The van der Waals surface area contributed by atoms with Crippen LogP contribution in [0.25, 0.3) is 11.0 Å². The molecule has 0 unspecified atom stereocenters. The van der Waals surface area contributed by atoms with Crippen LogP contribution in [-0.4, -0.2) is 40.6 Å². The fraction of sp³-hybridized carbons (Fsp3) is 0.588. The number of hydrogen-bond acceptors (Lipinski definition) is 3. The lowest BCUT2D eigenvalue weighted by atomic mass is 10.3. The van der Waals surface area contributed by atoms with Crippen LogP contribution < -0.4 is 5.32 Å². The Labute approximate surface area is 127 Å². The van der Waals surface area contributed by atoms with Crippen molar-refractivity contribution in [3.8, 4) is 0 Å². The van der Waals surface area contributed by atoms with Gasteiger partial charge in [0.25, 0.3) is 0 Å². The minimum atomic E-state index is 0.844. The molecule has 1 aromatic carbocycles. The van der Waals surface area contributed by atoms with E-state index in [2.05, 4.69) is 53.0 Å². The summed E-state index contributed by atoms with van der Waals surface area (Å²) < 4.78 is 2.35. The highest BCUT2D eigenvalue weighted by Crippen LogP contribution is 2.24. The van der Waals surface area contributed by atoms with Gasteiger partial charge in [-0.1, -0.05) is 19.1 Å². The summed E-state index contributed by atoms with van der Waals surface area (Å²) in [4.78, 5) is 7.24. The Morgan fingerprint density at radius 1 is 1.33 bits per heavy atom. The van der Waals surface area contributed by atoms with Crippen LogP contribution in [0.5, 0.6) is 0 Å². The van der Waals surface area contributed by atoms with Crippen LogP contribution in [0.2, 0.25) is 0 Å². The van der Waals surface area contributed by atoms with Crippen molar-refractivity contribution in [1.82, 2.24) is 19.8 Å². The van der Waals surface area contributed by atoms with E-state index in [4.69, 9.17) is 4.98 Å². The fourth-order valence-corrected chi connectivity index (χ4v) is 2.89. The number of para-hydroxylation sites is 2. The van der Waals surface area contributed by atoms with Gasteiger partial charge in [-0.3, -0.25) is 0 Å². The lowest BCUT2D eigenvalue weighted by molar-refractivity contribution is 0.321. The highest BCUT2D eigenvalue weighted by molar-refractivity contribution is 5.75. The highest BCUT2D eigenvalue weighted by Gasteiger charge is 2.25. The molecule has 114 valence electrons. The number of likely N-dealkylation sites (N-methyl/N-ethyl adjacent to an activating group) is 1. The first-order valence-electron chi connectivity index (χ1n) is 8.14. The van der Waals surface area contributed by atoms with E-state index in [1.54, 1.807) is 0 Å². The minimum Gasteiger partial charge on any atom is -0.327 e. The maximum atomic E-state index is 4.78. The molecule has 0 aliphatic heterocycles. The molecule has 0 atom stereocenters. The maximum Gasteiger partial charge on any atom is 0.123 e.